The number of aryl methyl sites for hydroxylation is 1. The number of para-hydroxylation sites is 1. The van der Waals surface area contributed by atoms with E-state index < -0.39 is 0 Å². The molecule has 0 unspecified atom stereocenters. The molecule has 0 heterocycles. The molecule has 0 aliphatic carbocycles. The molecule has 2 rings (SSSR count). The second kappa shape index (κ2) is 4.37. The molecule has 0 radical (unpaired) electrons. The van der Waals surface area contributed by atoms with Crippen LogP contribution in [0.1, 0.15) is 12.5 Å². The number of phenols is 3. The van der Waals surface area contributed by atoms with E-state index in [1.165, 1.54) is 6.07 Å². The average Bonchev–Trinajstić information content (AvgIpc) is 2.29. The van der Waals surface area contributed by atoms with Crippen molar-refractivity contribution in [1.29, 1.82) is 0 Å². The number of rotatable bonds is 2. The Morgan fingerprint density at radius 3 is 2.29 bits per heavy atom. The fourth-order valence-electron chi connectivity index (χ4n) is 1.94. The van der Waals surface area contributed by atoms with Gasteiger partial charge in [0.05, 0.1) is 0 Å². The van der Waals surface area contributed by atoms with Gasteiger partial charge in [0.1, 0.15) is 17.2 Å². The Kier molecular flexibility index (Phi) is 2.91. The molecule has 88 valence electrons. The summed E-state index contributed by atoms with van der Waals surface area (Å²) in [6, 6.07) is 9.70. The van der Waals surface area contributed by atoms with Crippen molar-refractivity contribution in [2.75, 3.05) is 0 Å². The summed E-state index contributed by atoms with van der Waals surface area (Å²) in [5.74, 6) is 0.116. The standard InChI is InChI=1S/C14H14O3/c1-2-9-7-10(15)8-13(17)14(9)11-5-3-4-6-12(11)16/h3-8,15-17H,2H2,1H3. The van der Waals surface area contributed by atoms with Gasteiger partial charge in [-0.15, -0.1) is 0 Å². The lowest BCUT2D eigenvalue weighted by molar-refractivity contribution is 0.449. The number of benzene rings is 2. The zero-order valence-corrected chi connectivity index (χ0v) is 9.51. The van der Waals surface area contributed by atoms with Gasteiger partial charge in [0.2, 0.25) is 0 Å². The molecule has 0 amide bonds. The average molecular weight is 230 g/mol. The highest BCUT2D eigenvalue weighted by atomic mass is 16.3. The molecule has 0 atom stereocenters. The molecule has 3 N–H and O–H groups in total. The highest BCUT2D eigenvalue weighted by Crippen LogP contribution is 2.40. The maximum Gasteiger partial charge on any atom is 0.127 e. The first-order valence-corrected chi connectivity index (χ1v) is 5.46. The predicted molar refractivity (Wildman–Crippen MR) is 66.3 cm³/mol. The van der Waals surface area contributed by atoms with Gasteiger partial charge in [-0.25, -0.2) is 0 Å². The summed E-state index contributed by atoms with van der Waals surface area (Å²) in [6.45, 7) is 1.93. The fourth-order valence-corrected chi connectivity index (χ4v) is 1.94. The summed E-state index contributed by atoms with van der Waals surface area (Å²) in [4.78, 5) is 0. The van der Waals surface area contributed by atoms with Crippen molar-refractivity contribution in [3.63, 3.8) is 0 Å². The third-order valence-corrected chi connectivity index (χ3v) is 2.74. The molecule has 0 fully saturated rings. The van der Waals surface area contributed by atoms with Crippen molar-refractivity contribution >= 4 is 0 Å². The number of phenolic OH excluding ortho intramolecular Hbond substituents is 3. The van der Waals surface area contributed by atoms with E-state index >= 15 is 0 Å². The topological polar surface area (TPSA) is 60.7 Å². The van der Waals surface area contributed by atoms with Gasteiger partial charge in [-0.2, -0.15) is 0 Å². The Labute approximate surface area is 99.6 Å². The van der Waals surface area contributed by atoms with Crippen LogP contribution < -0.4 is 0 Å². The number of hydrogen-bond acceptors (Lipinski definition) is 3. The first-order valence-electron chi connectivity index (χ1n) is 5.46. The van der Waals surface area contributed by atoms with Gasteiger partial charge in [0.25, 0.3) is 0 Å². The molecule has 17 heavy (non-hydrogen) atoms. The summed E-state index contributed by atoms with van der Waals surface area (Å²) < 4.78 is 0. The molecule has 0 saturated carbocycles. The fraction of sp³-hybridized carbons (Fsp3) is 0.143. The van der Waals surface area contributed by atoms with Crippen LogP contribution in [0.2, 0.25) is 0 Å². The van der Waals surface area contributed by atoms with Crippen molar-refractivity contribution in [2.45, 2.75) is 13.3 Å². The van der Waals surface area contributed by atoms with Gasteiger partial charge in [-0.3, -0.25) is 0 Å². The van der Waals surface area contributed by atoms with Crippen LogP contribution in [0.4, 0.5) is 0 Å². The lowest BCUT2D eigenvalue weighted by Gasteiger charge is -2.12. The van der Waals surface area contributed by atoms with Crippen LogP contribution in [-0.2, 0) is 6.42 Å². The number of hydrogen-bond donors (Lipinski definition) is 3. The second-order valence-electron chi connectivity index (χ2n) is 3.87. The molecule has 0 spiro atoms. The smallest absolute Gasteiger partial charge is 0.127 e. The van der Waals surface area contributed by atoms with Crippen LogP contribution in [0.3, 0.4) is 0 Å². The lowest BCUT2D eigenvalue weighted by Crippen LogP contribution is -1.89. The Morgan fingerprint density at radius 1 is 0.941 bits per heavy atom. The minimum Gasteiger partial charge on any atom is -0.508 e. The molecule has 2 aromatic carbocycles. The van der Waals surface area contributed by atoms with Crippen LogP contribution in [0, 0.1) is 0 Å². The van der Waals surface area contributed by atoms with Gasteiger partial charge >= 0.3 is 0 Å². The Bertz CT molecular complexity index is 547. The second-order valence-corrected chi connectivity index (χ2v) is 3.87. The maximum atomic E-state index is 9.91. The molecule has 0 aromatic heterocycles. The molecule has 3 nitrogen and oxygen atoms in total. The van der Waals surface area contributed by atoms with E-state index in [0.29, 0.717) is 17.5 Å². The Balaban J connectivity index is 2.71. The van der Waals surface area contributed by atoms with Gasteiger partial charge in [0, 0.05) is 17.2 Å². The summed E-state index contributed by atoms with van der Waals surface area (Å²) >= 11 is 0. The van der Waals surface area contributed by atoms with Gasteiger partial charge in [-0.05, 0) is 24.1 Å². The first kappa shape index (κ1) is 11.3. The molecule has 0 aliphatic heterocycles. The quantitative estimate of drug-likeness (QED) is 0.743. The van der Waals surface area contributed by atoms with E-state index in [1.54, 1.807) is 30.3 Å². The highest BCUT2D eigenvalue weighted by molar-refractivity contribution is 5.79. The molecule has 2 aromatic rings. The summed E-state index contributed by atoms with van der Waals surface area (Å²) in [6.07, 6.45) is 0.658. The first-order chi connectivity index (χ1) is 8.13. The van der Waals surface area contributed by atoms with E-state index in [-0.39, 0.29) is 17.2 Å². The van der Waals surface area contributed by atoms with Crippen LogP contribution in [0.25, 0.3) is 11.1 Å². The molecule has 0 aliphatic rings. The minimum absolute atomic E-state index is 0.0247. The molecular formula is C14H14O3. The molecule has 3 heteroatoms. The van der Waals surface area contributed by atoms with E-state index in [1.807, 2.05) is 6.92 Å². The summed E-state index contributed by atoms with van der Waals surface area (Å²) in [7, 11) is 0. The van der Waals surface area contributed by atoms with Crippen LogP contribution in [0.15, 0.2) is 36.4 Å². The molecule has 0 saturated heterocycles. The summed E-state index contributed by atoms with van der Waals surface area (Å²) in [5, 5.41) is 29.2. The van der Waals surface area contributed by atoms with Crippen LogP contribution in [-0.4, -0.2) is 15.3 Å². The van der Waals surface area contributed by atoms with E-state index in [0.717, 1.165) is 5.56 Å². The van der Waals surface area contributed by atoms with Gasteiger partial charge < -0.3 is 15.3 Å². The van der Waals surface area contributed by atoms with E-state index in [2.05, 4.69) is 0 Å². The Morgan fingerprint density at radius 2 is 1.65 bits per heavy atom. The zero-order valence-electron chi connectivity index (χ0n) is 9.51. The predicted octanol–water partition coefficient (Wildman–Crippen LogP) is 3.03. The monoisotopic (exact) mass is 230 g/mol. The third kappa shape index (κ3) is 2.04. The third-order valence-electron chi connectivity index (χ3n) is 2.74. The van der Waals surface area contributed by atoms with Crippen molar-refractivity contribution in [1.82, 2.24) is 0 Å². The van der Waals surface area contributed by atoms with Gasteiger partial charge in [-0.1, -0.05) is 25.1 Å². The van der Waals surface area contributed by atoms with Crippen molar-refractivity contribution < 1.29 is 15.3 Å². The minimum atomic E-state index is -0.0247. The van der Waals surface area contributed by atoms with Gasteiger partial charge in [0.15, 0.2) is 0 Å². The Hall–Kier alpha value is -2.16. The summed E-state index contributed by atoms with van der Waals surface area (Å²) in [5.41, 5.74) is 1.94. The van der Waals surface area contributed by atoms with E-state index in [9.17, 15) is 15.3 Å². The molecular weight excluding hydrogens is 216 g/mol. The van der Waals surface area contributed by atoms with Crippen LogP contribution >= 0.6 is 0 Å². The maximum absolute atomic E-state index is 9.91. The van der Waals surface area contributed by atoms with Crippen molar-refractivity contribution in [3.05, 3.63) is 42.0 Å². The SMILES string of the molecule is CCc1cc(O)cc(O)c1-c1ccccc1O. The van der Waals surface area contributed by atoms with E-state index in [4.69, 9.17) is 0 Å². The van der Waals surface area contributed by atoms with Crippen molar-refractivity contribution in [2.24, 2.45) is 0 Å². The van der Waals surface area contributed by atoms with Crippen LogP contribution in [0.5, 0.6) is 17.2 Å². The largest absolute Gasteiger partial charge is 0.508 e. The van der Waals surface area contributed by atoms with Crippen molar-refractivity contribution in [3.8, 4) is 28.4 Å². The number of aromatic hydroxyl groups is 3. The normalized spacial score (nSPS) is 10.4. The zero-order chi connectivity index (χ0) is 12.4. The highest BCUT2D eigenvalue weighted by Gasteiger charge is 2.14. The lowest BCUT2D eigenvalue weighted by atomic mass is 9.96. The molecule has 0 bridgehead atoms.